The number of likely N-dealkylation sites (N-methyl/N-ethyl adjacent to an activating group) is 1. The molecule has 2 rings (SSSR count). The molecule has 0 aliphatic carbocycles. The molecular formula is C15H21BrN4. The van der Waals surface area contributed by atoms with E-state index in [2.05, 4.69) is 69.4 Å². The van der Waals surface area contributed by atoms with Gasteiger partial charge in [-0.05, 0) is 31.2 Å². The van der Waals surface area contributed by atoms with Gasteiger partial charge in [0.25, 0.3) is 0 Å². The number of nitrogens with one attached hydrogen (secondary N) is 1. The summed E-state index contributed by atoms with van der Waals surface area (Å²) in [6, 6.07) is 8.51. The first kappa shape index (κ1) is 15.2. The number of nitrogens with zero attached hydrogens (tertiary/aromatic N) is 3. The zero-order valence-electron chi connectivity index (χ0n) is 12.0. The van der Waals surface area contributed by atoms with Gasteiger partial charge in [0.1, 0.15) is 12.2 Å². The highest BCUT2D eigenvalue weighted by Gasteiger charge is 2.15. The maximum Gasteiger partial charge on any atom is 0.138 e. The Hall–Kier alpha value is -1.20. The lowest BCUT2D eigenvalue weighted by molar-refractivity contribution is 0.544. The third kappa shape index (κ3) is 3.90. The van der Waals surface area contributed by atoms with E-state index in [1.807, 2.05) is 4.68 Å². The van der Waals surface area contributed by atoms with Gasteiger partial charge >= 0.3 is 0 Å². The Balaban J connectivity index is 2.19. The molecule has 1 N–H and O–H groups in total. The second kappa shape index (κ2) is 7.55. The summed E-state index contributed by atoms with van der Waals surface area (Å²) in [4.78, 5) is 4.40. The van der Waals surface area contributed by atoms with Crippen molar-refractivity contribution in [2.45, 2.75) is 32.7 Å². The lowest BCUT2D eigenvalue weighted by Gasteiger charge is -2.18. The van der Waals surface area contributed by atoms with Crippen LogP contribution in [-0.2, 0) is 13.0 Å². The molecule has 0 amide bonds. The maximum atomic E-state index is 4.40. The van der Waals surface area contributed by atoms with Gasteiger partial charge in [-0.1, -0.05) is 35.0 Å². The minimum Gasteiger partial charge on any atom is -0.316 e. The van der Waals surface area contributed by atoms with Crippen LogP contribution in [0.5, 0.6) is 0 Å². The van der Waals surface area contributed by atoms with Crippen molar-refractivity contribution in [3.63, 3.8) is 0 Å². The minimum atomic E-state index is 0.405. The summed E-state index contributed by atoms with van der Waals surface area (Å²) < 4.78 is 3.09. The molecule has 1 atom stereocenters. The molecule has 4 nitrogen and oxygen atoms in total. The predicted octanol–water partition coefficient (Wildman–Crippen LogP) is 3.00. The number of rotatable bonds is 7. The first-order chi connectivity index (χ1) is 9.74. The Labute approximate surface area is 128 Å². The monoisotopic (exact) mass is 336 g/mol. The van der Waals surface area contributed by atoms with Crippen LogP contribution in [0.1, 0.15) is 31.2 Å². The fourth-order valence-corrected chi connectivity index (χ4v) is 2.73. The van der Waals surface area contributed by atoms with E-state index in [4.69, 9.17) is 0 Å². The van der Waals surface area contributed by atoms with Crippen molar-refractivity contribution < 1.29 is 0 Å². The molecule has 0 spiro atoms. The van der Waals surface area contributed by atoms with Gasteiger partial charge in [0, 0.05) is 29.9 Å². The summed E-state index contributed by atoms with van der Waals surface area (Å²) in [6.45, 7) is 7.01. The Morgan fingerprint density at radius 1 is 1.35 bits per heavy atom. The standard InChI is InChI=1S/C15H21BrN4/c1-3-17-10-13(12-6-5-7-14(16)8-12)9-15-18-11-19-20(15)4-2/h5-8,11,13,17H,3-4,9-10H2,1-2H3. The summed E-state index contributed by atoms with van der Waals surface area (Å²) in [6.07, 6.45) is 2.54. The number of hydrogen-bond acceptors (Lipinski definition) is 3. The SMILES string of the molecule is CCNCC(Cc1ncnn1CC)c1cccc(Br)c1. The molecule has 0 saturated carbocycles. The molecule has 1 aromatic carbocycles. The number of hydrogen-bond donors (Lipinski definition) is 1. The number of aromatic nitrogens is 3. The molecule has 0 aliphatic heterocycles. The molecule has 2 aromatic rings. The van der Waals surface area contributed by atoms with Crippen molar-refractivity contribution in [3.8, 4) is 0 Å². The van der Waals surface area contributed by atoms with Crippen molar-refractivity contribution >= 4 is 15.9 Å². The van der Waals surface area contributed by atoms with E-state index < -0.39 is 0 Å². The molecular weight excluding hydrogens is 316 g/mol. The van der Waals surface area contributed by atoms with Crippen LogP contribution in [-0.4, -0.2) is 27.9 Å². The third-order valence-corrected chi connectivity index (χ3v) is 3.88. The Kier molecular flexibility index (Phi) is 5.73. The van der Waals surface area contributed by atoms with Crippen molar-refractivity contribution in [3.05, 3.63) is 46.5 Å². The highest BCUT2D eigenvalue weighted by molar-refractivity contribution is 9.10. The Morgan fingerprint density at radius 2 is 2.20 bits per heavy atom. The van der Waals surface area contributed by atoms with Gasteiger partial charge in [-0.25, -0.2) is 4.98 Å². The highest BCUT2D eigenvalue weighted by atomic mass is 79.9. The second-order valence-corrected chi connectivity index (χ2v) is 5.67. The fraction of sp³-hybridized carbons (Fsp3) is 0.467. The van der Waals surface area contributed by atoms with Gasteiger partial charge in [-0.2, -0.15) is 5.10 Å². The predicted molar refractivity (Wildman–Crippen MR) is 84.8 cm³/mol. The van der Waals surface area contributed by atoms with E-state index in [1.54, 1.807) is 6.33 Å². The summed E-state index contributed by atoms with van der Waals surface area (Å²) in [5, 5.41) is 7.70. The molecule has 0 radical (unpaired) electrons. The maximum absolute atomic E-state index is 4.40. The normalized spacial score (nSPS) is 12.6. The summed E-state index contributed by atoms with van der Waals surface area (Å²) in [5.74, 6) is 1.46. The number of benzene rings is 1. The topological polar surface area (TPSA) is 42.7 Å². The van der Waals surface area contributed by atoms with Crippen LogP contribution in [0, 0.1) is 0 Å². The van der Waals surface area contributed by atoms with Crippen LogP contribution in [0.25, 0.3) is 0 Å². The van der Waals surface area contributed by atoms with Gasteiger partial charge in [0.15, 0.2) is 0 Å². The van der Waals surface area contributed by atoms with Gasteiger partial charge in [-0.3, -0.25) is 4.68 Å². The van der Waals surface area contributed by atoms with Gasteiger partial charge < -0.3 is 5.32 Å². The largest absolute Gasteiger partial charge is 0.316 e. The lowest BCUT2D eigenvalue weighted by Crippen LogP contribution is -2.23. The zero-order valence-corrected chi connectivity index (χ0v) is 13.6. The molecule has 5 heteroatoms. The molecule has 0 saturated heterocycles. The molecule has 108 valence electrons. The smallest absolute Gasteiger partial charge is 0.138 e. The zero-order chi connectivity index (χ0) is 14.4. The molecule has 0 fully saturated rings. The first-order valence-electron chi connectivity index (χ1n) is 7.07. The van der Waals surface area contributed by atoms with Crippen molar-refractivity contribution in [2.75, 3.05) is 13.1 Å². The van der Waals surface area contributed by atoms with Crippen molar-refractivity contribution in [1.29, 1.82) is 0 Å². The summed E-state index contributed by atoms with van der Waals surface area (Å²) >= 11 is 3.55. The highest BCUT2D eigenvalue weighted by Crippen LogP contribution is 2.22. The molecule has 20 heavy (non-hydrogen) atoms. The van der Waals surface area contributed by atoms with Gasteiger partial charge in [0.05, 0.1) is 0 Å². The molecule has 0 bridgehead atoms. The van der Waals surface area contributed by atoms with Crippen LogP contribution in [0.2, 0.25) is 0 Å². The lowest BCUT2D eigenvalue weighted by atomic mass is 9.95. The van der Waals surface area contributed by atoms with E-state index in [0.717, 1.165) is 36.4 Å². The molecule has 1 unspecified atom stereocenters. The van der Waals surface area contributed by atoms with Crippen LogP contribution in [0.4, 0.5) is 0 Å². The Bertz CT molecular complexity index is 538. The fourth-order valence-electron chi connectivity index (χ4n) is 2.32. The van der Waals surface area contributed by atoms with Crippen molar-refractivity contribution in [1.82, 2.24) is 20.1 Å². The van der Waals surface area contributed by atoms with Crippen LogP contribution >= 0.6 is 15.9 Å². The Morgan fingerprint density at radius 3 is 2.90 bits per heavy atom. The first-order valence-corrected chi connectivity index (χ1v) is 7.86. The summed E-state index contributed by atoms with van der Waals surface area (Å²) in [7, 11) is 0. The van der Waals surface area contributed by atoms with Gasteiger partial charge in [0.2, 0.25) is 0 Å². The molecule has 0 aliphatic rings. The quantitative estimate of drug-likeness (QED) is 0.845. The average Bonchev–Trinajstić information content (AvgIpc) is 2.90. The summed E-state index contributed by atoms with van der Waals surface area (Å²) in [5.41, 5.74) is 1.32. The third-order valence-electron chi connectivity index (χ3n) is 3.39. The number of halogens is 1. The van der Waals surface area contributed by atoms with Gasteiger partial charge in [-0.15, -0.1) is 0 Å². The van der Waals surface area contributed by atoms with Crippen LogP contribution < -0.4 is 5.32 Å². The van der Waals surface area contributed by atoms with Crippen LogP contribution in [0.15, 0.2) is 35.1 Å². The molecule has 1 aromatic heterocycles. The van der Waals surface area contributed by atoms with Crippen LogP contribution in [0.3, 0.4) is 0 Å². The van der Waals surface area contributed by atoms with E-state index in [-0.39, 0.29) is 0 Å². The van der Waals surface area contributed by atoms with E-state index in [0.29, 0.717) is 5.92 Å². The molecule has 1 heterocycles. The number of aryl methyl sites for hydroxylation is 1. The average molecular weight is 337 g/mol. The second-order valence-electron chi connectivity index (χ2n) is 4.76. The van der Waals surface area contributed by atoms with E-state index >= 15 is 0 Å². The van der Waals surface area contributed by atoms with E-state index in [1.165, 1.54) is 5.56 Å². The van der Waals surface area contributed by atoms with Crippen molar-refractivity contribution in [2.24, 2.45) is 0 Å². The van der Waals surface area contributed by atoms with E-state index in [9.17, 15) is 0 Å². The minimum absolute atomic E-state index is 0.405.